The Bertz CT molecular complexity index is 506. The molecule has 0 aromatic heterocycles. The van der Waals surface area contributed by atoms with Crippen LogP contribution in [-0.2, 0) is 0 Å². The molecule has 0 amide bonds. The SMILES string of the molecule is CCCC1CN(c2c(F)c(F)c(F)c(F)c2F)C(C)CN1. The van der Waals surface area contributed by atoms with Crippen molar-refractivity contribution in [2.45, 2.75) is 38.8 Å². The molecule has 1 saturated heterocycles. The van der Waals surface area contributed by atoms with Crippen molar-refractivity contribution in [3.63, 3.8) is 0 Å². The predicted octanol–water partition coefficient (Wildman–Crippen LogP) is 3.35. The number of anilines is 1. The third-order valence-electron chi connectivity index (χ3n) is 3.76. The second-order valence-corrected chi connectivity index (χ2v) is 5.31. The minimum absolute atomic E-state index is 0.0406. The fourth-order valence-corrected chi connectivity index (χ4v) is 2.63. The van der Waals surface area contributed by atoms with Crippen molar-refractivity contribution in [1.29, 1.82) is 0 Å². The number of rotatable bonds is 3. The first kappa shape index (κ1) is 16.0. The van der Waals surface area contributed by atoms with Crippen molar-refractivity contribution in [2.24, 2.45) is 0 Å². The van der Waals surface area contributed by atoms with Crippen LogP contribution in [0.25, 0.3) is 0 Å². The van der Waals surface area contributed by atoms with E-state index in [-0.39, 0.29) is 18.6 Å². The Labute approximate surface area is 119 Å². The molecule has 2 unspecified atom stereocenters. The molecule has 2 atom stereocenters. The van der Waals surface area contributed by atoms with Crippen molar-refractivity contribution in [2.75, 3.05) is 18.0 Å². The first-order valence-corrected chi connectivity index (χ1v) is 6.89. The van der Waals surface area contributed by atoms with Gasteiger partial charge in [-0.05, 0) is 13.3 Å². The molecule has 118 valence electrons. The molecule has 0 radical (unpaired) electrons. The van der Waals surface area contributed by atoms with E-state index in [2.05, 4.69) is 5.32 Å². The fraction of sp³-hybridized carbons (Fsp3) is 0.571. The summed E-state index contributed by atoms with van der Waals surface area (Å²) in [5.74, 6) is -9.46. The van der Waals surface area contributed by atoms with Gasteiger partial charge in [0, 0.05) is 25.2 Å². The number of hydrogen-bond acceptors (Lipinski definition) is 2. The lowest BCUT2D eigenvalue weighted by Crippen LogP contribution is -2.56. The molecule has 0 saturated carbocycles. The van der Waals surface area contributed by atoms with E-state index in [1.807, 2.05) is 6.92 Å². The number of nitrogens with one attached hydrogen (secondary N) is 1. The Morgan fingerprint density at radius 3 is 2.05 bits per heavy atom. The third-order valence-corrected chi connectivity index (χ3v) is 3.76. The van der Waals surface area contributed by atoms with Gasteiger partial charge >= 0.3 is 0 Å². The van der Waals surface area contributed by atoms with E-state index >= 15 is 0 Å². The summed E-state index contributed by atoms with van der Waals surface area (Å²) in [7, 11) is 0. The summed E-state index contributed by atoms with van der Waals surface area (Å²) in [5.41, 5.74) is -0.832. The molecule has 0 spiro atoms. The van der Waals surface area contributed by atoms with Crippen molar-refractivity contribution < 1.29 is 22.0 Å². The molecule has 1 fully saturated rings. The minimum atomic E-state index is -2.12. The Morgan fingerprint density at radius 2 is 1.52 bits per heavy atom. The van der Waals surface area contributed by atoms with Gasteiger partial charge in [-0.3, -0.25) is 0 Å². The summed E-state index contributed by atoms with van der Waals surface area (Å²) in [6.07, 6.45) is 1.62. The van der Waals surface area contributed by atoms with Gasteiger partial charge in [-0.1, -0.05) is 13.3 Å². The molecule has 2 rings (SSSR count). The van der Waals surface area contributed by atoms with E-state index in [1.165, 1.54) is 4.90 Å². The zero-order chi connectivity index (χ0) is 15.7. The number of halogens is 5. The Hall–Kier alpha value is -1.37. The van der Waals surface area contributed by atoms with E-state index in [0.29, 0.717) is 6.54 Å². The lowest BCUT2D eigenvalue weighted by Gasteiger charge is -2.40. The number of nitrogens with zero attached hydrogens (tertiary/aromatic N) is 1. The predicted molar refractivity (Wildman–Crippen MR) is 69.7 cm³/mol. The molecule has 1 N–H and O–H groups in total. The summed E-state index contributed by atoms with van der Waals surface area (Å²) >= 11 is 0. The summed E-state index contributed by atoms with van der Waals surface area (Å²) < 4.78 is 67.5. The second-order valence-electron chi connectivity index (χ2n) is 5.31. The van der Waals surface area contributed by atoms with Gasteiger partial charge in [-0.2, -0.15) is 0 Å². The van der Waals surface area contributed by atoms with Crippen LogP contribution in [0.15, 0.2) is 0 Å². The normalized spacial score (nSPS) is 22.7. The summed E-state index contributed by atoms with van der Waals surface area (Å²) in [6.45, 7) is 4.26. The van der Waals surface area contributed by atoms with Gasteiger partial charge in [-0.15, -0.1) is 0 Å². The molecule has 1 aliphatic rings. The second kappa shape index (κ2) is 6.17. The van der Waals surface area contributed by atoms with E-state index in [1.54, 1.807) is 6.92 Å². The lowest BCUT2D eigenvalue weighted by molar-refractivity contribution is 0.354. The Morgan fingerprint density at radius 1 is 1.00 bits per heavy atom. The number of piperazine rings is 1. The lowest BCUT2D eigenvalue weighted by atomic mass is 10.0. The highest BCUT2D eigenvalue weighted by Gasteiger charge is 2.33. The first-order valence-electron chi connectivity index (χ1n) is 6.89. The highest BCUT2D eigenvalue weighted by Crippen LogP contribution is 2.32. The number of benzene rings is 1. The average molecular weight is 308 g/mol. The van der Waals surface area contributed by atoms with Gasteiger partial charge in [-0.25, -0.2) is 22.0 Å². The largest absolute Gasteiger partial charge is 0.361 e. The van der Waals surface area contributed by atoms with Gasteiger partial charge in [0.2, 0.25) is 5.82 Å². The summed E-state index contributed by atoms with van der Waals surface area (Å²) in [4.78, 5) is 1.26. The van der Waals surface area contributed by atoms with Crippen LogP contribution in [0.5, 0.6) is 0 Å². The van der Waals surface area contributed by atoms with E-state index < -0.39 is 34.8 Å². The van der Waals surface area contributed by atoms with Crippen molar-refractivity contribution in [3.8, 4) is 0 Å². The van der Waals surface area contributed by atoms with Gasteiger partial charge in [0.15, 0.2) is 23.3 Å². The third kappa shape index (κ3) is 2.84. The van der Waals surface area contributed by atoms with Crippen LogP contribution in [0, 0.1) is 29.1 Å². The quantitative estimate of drug-likeness (QED) is 0.523. The first-order chi connectivity index (χ1) is 9.88. The fourth-order valence-electron chi connectivity index (χ4n) is 2.63. The zero-order valence-corrected chi connectivity index (χ0v) is 11.8. The van der Waals surface area contributed by atoms with Crippen LogP contribution in [-0.4, -0.2) is 25.2 Å². The Kier molecular flexibility index (Phi) is 4.70. The molecule has 1 heterocycles. The van der Waals surface area contributed by atoms with Gasteiger partial charge in [0.05, 0.1) is 0 Å². The van der Waals surface area contributed by atoms with Crippen LogP contribution in [0.4, 0.5) is 27.6 Å². The monoisotopic (exact) mass is 308 g/mol. The highest BCUT2D eigenvalue weighted by molar-refractivity contribution is 5.52. The van der Waals surface area contributed by atoms with E-state index in [0.717, 1.165) is 12.8 Å². The number of hydrogen-bond donors (Lipinski definition) is 1. The van der Waals surface area contributed by atoms with Crippen molar-refractivity contribution >= 4 is 5.69 Å². The maximum Gasteiger partial charge on any atom is 0.200 e. The highest BCUT2D eigenvalue weighted by atomic mass is 19.2. The van der Waals surface area contributed by atoms with Crippen molar-refractivity contribution in [3.05, 3.63) is 29.1 Å². The maximum atomic E-state index is 13.9. The molecule has 0 bridgehead atoms. The molecular weight excluding hydrogens is 291 g/mol. The van der Waals surface area contributed by atoms with Crippen LogP contribution < -0.4 is 10.2 Å². The van der Waals surface area contributed by atoms with E-state index in [9.17, 15) is 22.0 Å². The molecule has 2 nitrogen and oxygen atoms in total. The van der Waals surface area contributed by atoms with Crippen LogP contribution in [0.2, 0.25) is 0 Å². The van der Waals surface area contributed by atoms with Crippen LogP contribution in [0.3, 0.4) is 0 Å². The average Bonchev–Trinajstić information content (AvgIpc) is 2.47. The van der Waals surface area contributed by atoms with Crippen LogP contribution >= 0.6 is 0 Å². The van der Waals surface area contributed by atoms with Gasteiger partial charge in [0.25, 0.3) is 0 Å². The summed E-state index contributed by atoms with van der Waals surface area (Å²) in [6, 6.07) is -0.410. The minimum Gasteiger partial charge on any atom is -0.361 e. The standard InChI is InChI=1S/C14H17F5N2/c1-3-4-8-6-21(7(2)5-20-8)14-12(18)10(16)9(15)11(17)13(14)19/h7-8,20H,3-6H2,1-2H3. The molecule has 0 aliphatic carbocycles. The molecular formula is C14H17F5N2. The van der Waals surface area contributed by atoms with Gasteiger partial charge < -0.3 is 10.2 Å². The molecule has 7 heteroatoms. The topological polar surface area (TPSA) is 15.3 Å². The Balaban J connectivity index is 2.44. The zero-order valence-electron chi connectivity index (χ0n) is 11.8. The van der Waals surface area contributed by atoms with Gasteiger partial charge in [0.1, 0.15) is 5.69 Å². The molecule has 1 aromatic carbocycles. The van der Waals surface area contributed by atoms with Crippen LogP contribution in [0.1, 0.15) is 26.7 Å². The van der Waals surface area contributed by atoms with Crippen molar-refractivity contribution in [1.82, 2.24) is 5.32 Å². The maximum absolute atomic E-state index is 13.9. The van der Waals surface area contributed by atoms with E-state index in [4.69, 9.17) is 0 Å². The molecule has 1 aliphatic heterocycles. The molecule has 1 aromatic rings. The molecule has 21 heavy (non-hydrogen) atoms. The smallest absolute Gasteiger partial charge is 0.200 e. The summed E-state index contributed by atoms with van der Waals surface area (Å²) in [5, 5.41) is 3.20.